The maximum atomic E-state index is 11.1. The number of aldehydes is 1. The van der Waals surface area contributed by atoms with Crippen molar-refractivity contribution in [3.05, 3.63) is 47.2 Å². The summed E-state index contributed by atoms with van der Waals surface area (Å²) in [6, 6.07) is 9.47. The van der Waals surface area contributed by atoms with Crippen LogP contribution in [0.2, 0.25) is 0 Å². The van der Waals surface area contributed by atoms with Crippen molar-refractivity contribution in [2.45, 2.75) is 30.4 Å². The highest BCUT2D eigenvalue weighted by Crippen LogP contribution is 2.43. The summed E-state index contributed by atoms with van der Waals surface area (Å²) < 4.78 is -0.302. The molecular formula is C15H17N3OS. The van der Waals surface area contributed by atoms with E-state index in [-0.39, 0.29) is 4.75 Å². The Hall–Kier alpha value is -1.88. The maximum Gasteiger partial charge on any atom is 0.151 e. The number of aromatic nitrogens is 2. The van der Waals surface area contributed by atoms with E-state index >= 15 is 0 Å². The molecule has 0 spiro atoms. The first-order chi connectivity index (χ1) is 9.44. The number of hydrogen-bond acceptors (Lipinski definition) is 5. The van der Waals surface area contributed by atoms with Crippen LogP contribution in [0.4, 0.5) is 5.82 Å². The van der Waals surface area contributed by atoms with E-state index in [1.165, 1.54) is 0 Å². The van der Waals surface area contributed by atoms with Gasteiger partial charge in [-0.15, -0.1) is 16.9 Å². The zero-order valence-electron chi connectivity index (χ0n) is 11.8. The molecule has 2 N–H and O–H groups in total. The first-order valence-electron chi connectivity index (χ1n) is 6.27. The van der Waals surface area contributed by atoms with E-state index in [9.17, 15) is 4.79 Å². The fourth-order valence-electron chi connectivity index (χ4n) is 1.98. The molecular weight excluding hydrogens is 270 g/mol. The summed E-state index contributed by atoms with van der Waals surface area (Å²) in [7, 11) is 0. The largest absolute Gasteiger partial charge is 0.382 e. The number of nitrogen functional groups attached to an aromatic ring is 1. The number of rotatable bonds is 4. The van der Waals surface area contributed by atoms with E-state index in [4.69, 9.17) is 5.73 Å². The van der Waals surface area contributed by atoms with E-state index in [1.54, 1.807) is 11.8 Å². The third-order valence-corrected chi connectivity index (χ3v) is 4.33. The Bertz CT molecular complexity index is 641. The van der Waals surface area contributed by atoms with Gasteiger partial charge < -0.3 is 5.73 Å². The van der Waals surface area contributed by atoms with Crippen LogP contribution >= 0.6 is 11.8 Å². The molecule has 0 aliphatic heterocycles. The van der Waals surface area contributed by atoms with E-state index in [1.807, 2.05) is 37.3 Å². The van der Waals surface area contributed by atoms with Crippen molar-refractivity contribution in [1.29, 1.82) is 0 Å². The normalized spacial score (nSPS) is 11.3. The molecule has 5 heteroatoms. The van der Waals surface area contributed by atoms with Crippen LogP contribution in [0.25, 0.3) is 0 Å². The minimum absolute atomic E-state index is 0.302. The second-order valence-electron chi connectivity index (χ2n) is 5.05. The second kappa shape index (κ2) is 5.63. The summed E-state index contributed by atoms with van der Waals surface area (Å²) in [6.45, 7) is 6.01. The highest BCUT2D eigenvalue weighted by atomic mass is 32.2. The van der Waals surface area contributed by atoms with E-state index < -0.39 is 0 Å². The summed E-state index contributed by atoms with van der Waals surface area (Å²) >= 11 is 1.59. The van der Waals surface area contributed by atoms with Gasteiger partial charge in [0.15, 0.2) is 12.1 Å². The average molecular weight is 287 g/mol. The minimum atomic E-state index is -0.302. The molecule has 0 fully saturated rings. The van der Waals surface area contributed by atoms with Gasteiger partial charge in [0.05, 0.1) is 5.69 Å². The number of thioether (sulfide) groups is 1. The third-order valence-electron chi connectivity index (χ3n) is 3.00. The Morgan fingerprint density at radius 3 is 2.65 bits per heavy atom. The van der Waals surface area contributed by atoms with Crippen molar-refractivity contribution in [1.82, 2.24) is 10.2 Å². The number of benzene rings is 1. The molecule has 1 aromatic heterocycles. The zero-order valence-corrected chi connectivity index (χ0v) is 12.6. The minimum Gasteiger partial charge on any atom is -0.382 e. The van der Waals surface area contributed by atoms with Crippen molar-refractivity contribution in [3.8, 4) is 0 Å². The van der Waals surface area contributed by atoms with Gasteiger partial charge >= 0.3 is 0 Å². The first kappa shape index (κ1) is 14.5. The van der Waals surface area contributed by atoms with Gasteiger partial charge in [0, 0.05) is 20.8 Å². The van der Waals surface area contributed by atoms with Gasteiger partial charge in [0.1, 0.15) is 0 Å². The Morgan fingerprint density at radius 2 is 1.95 bits per heavy atom. The van der Waals surface area contributed by atoms with Crippen molar-refractivity contribution >= 4 is 23.9 Å². The second-order valence-corrected chi connectivity index (χ2v) is 6.72. The molecule has 0 bridgehead atoms. The number of anilines is 1. The average Bonchev–Trinajstić information content (AvgIpc) is 2.41. The van der Waals surface area contributed by atoms with E-state index in [0.29, 0.717) is 11.4 Å². The molecule has 0 aliphatic rings. The lowest BCUT2D eigenvalue weighted by atomic mass is 10.0. The third kappa shape index (κ3) is 2.99. The molecule has 0 saturated heterocycles. The quantitative estimate of drug-likeness (QED) is 0.690. The number of nitrogens with zero attached hydrogens (tertiary/aromatic N) is 2. The van der Waals surface area contributed by atoms with Crippen LogP contribution in [0.15, 0.2) is 35.2 Å². The lowest BCUT2D eigenvalue weighted by Gasteiger charge is -2.26. The van der Waals surface area contributed by atoms with Crippen LogP contribution < -0.4 is 5.73 Å². The summed E-state index contributed by atoms with van der Waals surface area (Å²) in [5, 5.41) is 7.93. The fourth-order valence-corrected chi connectivity index (χ4v) is 3.19. The van der Waals surface area contributed by atoms with Gasteiger partial charge in [-0.2, -0.15) is 5.10 Å². The van der Waals surface area contributed by atoms with Crippen molar-refractivity contribution < 1.29 is 4.79 Å². The molecule has 0 amide bonds. The predicted molar refractivity (Wildman–Crippen MR) is 81.9 cm³/mol. The molecule has 20 heavy (non-hydrogen) atoms. The molecule has 1 heterocycles. The van der Waals surface area contributed by atoms with Crippen LogP contribution in [0, 0.1) is 6.92 Å². The molecule has 2 aromatic rings. The summed E-state index contributed by atoms with van der Waals surface area (Å²) in [5.74, 6) is 0.427. The number of hydrogen-bond donors (Lipinski definition) is 1. The topological polar surface area (TPSA) is 68.9 Å². The predicted octanol–water partition coefficient (Wildman–Crippen LogP) is 3.21. The molecule has 1 aromatic carbocycles. The summed E-state index contributed by atoms with van der Waals surface area (Å²) in [5.41, 5.74) is 8.38. The van der Waals surface area contributed by atoms with E-state index in [0.717, 1.165) is 22.4 Å². The van der Waals surface area contributed by atoms with Crippen LogP contribution in [-0.2, 0) is 4.75 Å². The molecule has 0 aliphatic carbocycles. The van der Waals surface area contributed by atoms with Crippen LogP contribution in [0.3, 0.4) is 0 Å². The van der Waals surface area contributed by atoms with Crippen LogP contribution in [-0.4, -0.2) is 16.5 Å². The van der Waals surface area contributed by atoms with Crippen LogP contribution in [0.1, 0.15) is 35.5 Å². The number of nitrogens with two attached hydrogens (primary N) is 1. The number of aryl methyl sites for hydroxylation is 1. The van der Waals surface area contributed by atoms with E-state index in [2.05, 4.69) is 24.0 Å². The molecule has 0 unspecified atom stereocenters. The zero-order chi connectivity index (χ0) is 14.8. The van der Waals surface area contributed by atoms with Crippen molar-refractivity contribution in [3.63, 3.8) is 0 Å². The monoisotopic (exact) mass is 287 g/mol. The first-order valence-corrected chi connectivity index (χ1v) is 7.09. The standard InChI is InChI=1S/C15H17N3OS/c1-10-8-12(14(16)18-17-10)15(2,3)20-13-7-5-4-6-11(13)9-19/h4-9H,1-3H3,(H2,16,18). The lowest BCUT2D eigenvalue weighted by molar-refractivity contribution is 0.112. The van der Waals surface area contributed by atoms with Crippen molar-refractivity contribution in [2.24, 2.45) is 0 Å². The Labute approximate surface area is 122 Å². The fraction of sp³-hybridized carbons (Fsp3) is 0.267. The number of carbonyl (C=O) groups excluding carboxylic acids is 1. The van der Waals surface area contributed by atoms with Gasteiger partial charge in [-0.1, -0.05) is 18.2 Å². The SMILES string of the molecule is Cc1cc(C(C)(C)Sc2ccccc2C=O)c(N)nn1. The lowest BCUT2D eigenvalue weighted by Crippen LogP contribution is -2.17. The number of carbonyl (C=O) groups is 1. The molecule has 4 nitrogen and oxygen atoms in total. The smallest absolute Gasteiger partial charge is 0.151 e. The molecule has 2 rings (SSSR count). The summed E-state index contributed by atoms with van der Waals surface area (Å²) in [4.78, 5) is 12.0. The van der Waals surface area contributed by atoms with Crippen LogP contribution in [0.5, 0.6) is 0 Å². The Kier molecular flexibility index (Phi) is 4.09. The van der Waals surface area contributed by atoms with Gasteiger partial charge in [0.25, 0.3) is 0 Å². The molecule has 0 atom stereocenters. The molecule has 0 saturated carbocycles. The highest BCUT2D eigenvalue weighted by Gasteiger charge is 2.26. The Balaban J connectivity index is 2.40. The maximum absolute atomic E-state index is 11.1. The van der Waals surface area contributed by atoms with Gasteiger partial charge in [-0.25, -0.2) is 0 Å². The molecule has 104 valence electrons. The van der Waals surface area contributed by atoms with Gasteiger partial charge in [-0.3, -0.25) is 4.79 Å². The molecule has 0 radical (unpaired) electrons. The Morgan fingerprint density at radius 1 is 1.25 bits per heavy atom. The summed E-state index contributed by atoms with van der Waals surface area (Å²) in [6.07, 6.45) is 0.873. The van der Waals surface area contributed by atoms with Gasteiger partial charge in [0.2, 0.25) is 0 Å². The van der Waals surface area contributed by atoms with Gasteiger partial charge in [-0.05, 0) is 32.9 Å². The highest BCUT2D eigenvalue weighted by molar-refractivity contribution is 8.00. The van der Waals surface area contributed by atoms with Crippen molar-refractivity contribution in [2.75, 3.05) is 5.73 Å².